The molecule has 1 saturated heterocycles. The lowest BCUT2D eigenvalue weighted by atomic mass is 9.74. The molecule has 3 heterocycles. The Labute approximate surface area is 190 Å². The van der Waals surface area contributed by atoms with Crippen LogP contribution in [0.3, 0.4) is 0 Å². The van der Waals surface area contributed by atoms with Crippen molar-refractivity contribution in [2.75, 3.05) is 13.1 Å². The van der Waals surface area contributed by atoms with E-state index in [0.29, 0.717) is 0 Å². The SMILES string of the molecule is CC(C)NC(=O)[C@]1(Cc2ccc(-c3ccncc3)cc2)CCCN(Cc2cccnc2)C1. The Morgan fingerprint density at radius 1 is 1.00 bits per heavy atom. The number of nitrogens with zero attached hydrogens (tertiary/aromatic N) is 3. The maximum absolute atomic E-state index is 13.5. The molecule has 5 heteroatoms. The van der Waals surface area contributed by atoms with Gasteiger partial charge in [0.25, 0.3) is 0 Å². The fourth-order valence-corrected chi connectivity index (χ4v) is 4.69. The lowest BCUT2D eigenvalue weighted by Crippen LogP contribution is -2.54. The minimum Gasteiger partial charge on any atom is -0.353 e. The van der Waals surface area contributed by atoms with Crippen LogP contribution >= 0.6 is 0 Å². The molecule has 1 aliphatic heterocycles. The van der Waals surface area contributed by atoms with Crippen LogP contribution in [0.1, 0.15) is 37.8 Å². The number of hydrogen-bond donors (Lipinski definition) is 1. The van der Waals surface area contributed by atoms with E-state index in [4.69, 9.17) is 0 Å². The summed E-state index contributed by atoms with van der Waals surface area (Å²) in [5.41, 5.74) is 4.28. The minimum atomic E-state index is -0.428. The van der Waals surface area contributed by atoms with Crippen molar-refractivity contribution in [2.45, 2.75) is 45.7 Å². The first-order valence-electron chi connectivity index (χ1n) is 11.5. The van der Waals surface area contributed by atoms with E-state index in [1.54, 1.807) is 6.20 Å². The average Bonchev–Trinajstić information content (AvgIpc) is 2.81. The van der Waals surface area contributed by atoms with Crippen LogP contribution in [0.25, 0.3) is 11.1 Å². The van der Waals surface area contributed by atoms with Crippen molar-refractivity contribution in [1.29, 1.82) is 0 Å². The summed E-state index contributed by atoms with van der Waals surface area (Å²) in [5.74, 6) is 0.168. The van der Waals surface area contributed by atoms with Crippen LogP contribution in [-0.4, -0.2) is 39.9 Å². The van der Waals surface area contributed by atoms with Gasteiger partial charge in [0.1, 0.15) is 0 Å². The number of pyridine rings is 2. The Morgan fingerprint density at radius 3 is 2.44 bits per heavy atom. The second kappa shape index (κ2) is 10.0. The van der Waals surface area contributed by atoms with Crippen molar-refractivity contribution < 1.29 is 4.79 Å². The lowest BCUT2D eigenvalue weighted by Gasteiger charge is -2.42. The first kappa shape index (κ1) is 22.2. The van der Waals surface area contributed by atoms with E-state index in [9.17, 15) is 4.79 Å². The summed E-state index contributed by atoms with van der Waals surface area (Å²) in [4.78, 5) is 24.2. The van der Waals surface area contributed by atoms with E-state index >= 15 is 0 Å². The van der Waals surface area contributed by atoms with Crippen LogP contribution in [0, 0.1) is 5.41 Å². The van der Waals surface area contributed by atoms with E-state index in [1.165, 1.54) is 16.7 Å². The van der Waals surface area contributed by atoms with Gasteiger partial charge in [-0.15, -0.1) is 0 Å². The van der Waals surface area contributed by atoms with Crippen LogP contribution in [0.5, 0.6) is 0 Å². The molecule has 3 aromatic rings. The van der Waals surface area contributed by atoms with E-state index in [-0.39, 0.29) is 11.9 Å². The van der Waals surface area contributed by atoms with Gasteiger partial charge in [0.2, 0.25) is 5.91 Å². The maximum Gasteiger partial charge on any atom is 0.228 e. The minimum absolute atomic E-state index is 0.127. The normalized spacial score (nSPS) is 19.1. The molecule has 166 valence electrons. The third-order valence-corrected chi connectivity index (χ3v) is 6.20. The first-order valence-corrected chi connectivity index (χ1v) is 11.5. The molecule has 1 aromatic carbocycles. The Bertz CT molecular complexity index is 1000. The zero-order valence-corrected chi connectivity index (χ0v) is 19.0. The summed E-state index contributed by atoms with van der Waals surface area (Å²) >= 11 is 0. The summed E-state index contributed by atoms with van der Waals surface area (Å²) in [5, 5.41) is 3.21. The zero-order valence-electron chi connectivity index (χ0n) is 19.0. The molecule has 1 aliphatic rings. The number of likely N-dealkylation sites (tertiary alicyclic amines) is 1. The number of carbonyl (C=O) groups is 1. The number of amides is 1. The maximum atomic E-state index is 13.5. The molecule has 1 N–H and O–H groups in total. The smallest absolute Gasteiger partial charge is 0.228 e. The summed E-state index contributed by atoms with van der Waals surface area (Å²) in [6.07, 6.45) is 10.0. The summed E-state index contributed by atoms with van der Waals surface area (Å²) in [6, 6.07) is 16.9. The Morgan fingerprint density at radius 2 is 1.75 bits per heavy atom. The second-order valence-electron chi connectivity index (χ2n) is 9.19. The molecular formula is C27H32N4O. The number of piperidine rings is 1. The monoisotopic (exact) mass is 428 g/mol. The number of aromatic nitrogens is 2. The van der Waals surface area contributed by atoms with Gasteiger partial charge < -0.3 is 5.32 Å². The molecule has 5 nitrogen and oxygen atoms in total. The predicted octanol–water partition coefficient (Wildman–Crippen LogP) is 4.49. The van der Waals surface area contributed by atoms with Crippen LogP contribution in [0.15, 0.2) is 73.3 Å². The van der Waals surface area contributed by atoms with Crippen molar-refractivity contribution in [3.8, 4) is 11.1 Å². The number of benzene rings is 1. The van der Waals surface area contributed by atoms with Gasteiger partial charge in [-0.3, -0.25) is 19.7 Å². The average molecular weight is 429 g/mol. The van der Waals surface area contributed by atoms with Gasteiger partial charge in [-0.05, 0) is 80.1 Å². The van der Waals surface area contributed by atoms with Gasteiger partial charge in [-0.25, -0.2) is 0 Å². The highest BCUT2D eigenvalue weighted by atomic mass is 16.2. The van der Waals surface area contributed by atoms with Crippen LogP contribution in [0.2, 0.25) is 0 Å². The first-order chi connectivity index (χ1) is 15.5. The third kappa shape index (κ3) is 5.40. The molecule has 1 fully saturated rings. The lowest BCUT2D eigenvalue weighted by molar-refractivity contribution is -0.135. The van der Waals surface area contributed by atoms with Crippen molar-refractivity contribution in [3.05, 3.63) is 84.4 Å². The Hall–Kier alpha value is -3.05. The van der Waals surface area contributed by atoms with Crippen LogP contribution in [-0.2, 0) is 17.8 Å². The number of nitrogens with one attached hydrogen (secondary N) is 1. The van der Waals surface area contributed by atoms with E-state index in [2.05, 4.69) is 50.5 Å². The molecule has 2 aromatic heterocycles. The molecule has 0 unspecified atom stereocenters. The highest BCUT2D eigenvalue weighted by Crippen LogP contribution is 2.35. The third-order valence-electron chi connectivity index (χ3n) is 6.20. The predicted molar refractivity (Wildman–Crippen MR) is 128 cm³/mol. The topological polar surface area (TPSA) is 58.1 Å². The molecule has 0 spiro atoms. The van der Waals surface area contributed by atoms with Crippen molar-refractivity contribution in [1.82, 2.24) is 20.2 Å². The molecule has 0 aliphatic carbocycles. The highest BCUT2D eigenvalue weighted by Gasteiger charge is 2.42. The number of carbonyl (C=O) groups excluding carboxylic acids is 1. The molecule has 0 bridgehead atoms. The molecule has 0 saturated carbocycles. The summed E-state index contributed by atoms with van der Waals surface area (Å²) in [7, 11) is 0. The van der Waals surface area contributed by atoms with Crippen LogP contribution in [0.4, 0.5) is 0 Å². The largest absolute Gasteiger partial charge is 0.353 e. The molecule has 1 amide bonds. The molecule has 4 rings (SSSR count). The van der Waals surface area contributed by atoms with E-state index in [0.717, 1.165) is 44.5 Å². The van der Waals surface area contributed by atoms with Gasteiger partial charge in [0.15, 0.2) is 0 Å². The summed E-state index contributed by atoms with van der Waals surface area (Å²) < 4.78 is 0. The molecular weight excluding hydrogens is 396 g/mol. The number of hydrogen-bond acceptors (Lipinski definition) is 4. The van der Waals surface area contributed by atoms with Gasteiger partial charge in [-0.1, -0.05) is 30.3 Å². The zero-order chi connectivity index (χ0) is 22.4. The fraction of sp³-hybridized carbons (Fsp3) is 0.370. The standard InChI is InChI=1S/C27H32N4O/c1-21(2)30-26(32)27(12-4-16-31(20-27)19-23-5-3-13-29-18-23)17-22-6-8-24(9-7-22)25-10-14-28-15-11-25/h3,5-11,13-15,18,21H,4,12,16-17,19-20H2,1-2H3,(H,30,32)/t27-/m0/s1. The van der Waals surface area contributed by atoms with E-state index in [1.807, 2.05) is 50.6 Å². The van der Waals surface area contributed by atoms with Gasteiger partial charge in [0, 0.05) is 43.9 Å². The Balaban J connectivity index is 1.55. The van der Waals surface area contributed by atoms with Crippen LogP contribution < -0.4 is 5.32 Å². The molecule has 1 atom stereocenters. The molecule has 32 heavy (non-hydrogen) atoms. The van der Waals surface area contributed by atoms with Gasteiger partial charge in [0.05, 0.1) is 5.41 Å². The van der Waals surface area contributed by atoms with Gasteiger partial charge >= 0.3 is 0 Å². The quantitative estimate of drug-likeness (QED) is 0.602. The fourth-order valence-electron chi connectivity index (χ4n) is 4.69. The molecule has 0 radical (unpaired) electrons. The van der Waals surface area contributed by atoms with E-state index < -0.39 is 5.41 Å². The van der Waals surface area contributed by atoms with Crippen molar-refractivity contribution in [2.24, 2.45) is 5.41 Å². The van der Waals surface area contributed by atoms with Crippen molar-refractivity contribution in [3.63, 3.8) is 0 Å². The summed E-state index contributed by atoms with van der Waals surface area (Å²) in [6.45, 7) is 6.65. The second-order valence-corrected chi connectivity index (χ2v) is 9.19. The Kier molecular flexibility index (Phi) is 6.96. The van der Waals surface area contributed by atoms with Crippen molar-refractivity contribution >= 4 is 5.91 Å². The number of rotatable bonds is 7. The van der Waals surface area contributed by atoms with Gasteiger partial charge in [-0.2, -0.15) is 0 Å². The highest BCUT2D eigenvalue weighted by molar-refractivity contribution is 5.83.